The summed E-state index contributed by atoms with van der Waals surface area (Å²) >= 11 is 0. The van der Waals surface area contributed by atoms with E-state index in [1.165, 1.54) is 5.69 Å². The van der Waals surface area contributed by atoms with Gasteiger partial charge in [0.15, 0.2) is 0 Å². The van der Waals surface area contributed by atoms with Gasteiger partial charge in [-0.2, -0.15) is 0 Å². The topological polar surface area (TPSA) is 39.1 Å². The highest BCUT2D eigenvalue weighted by Crippen LogP contribution is 2.33. The van der Waals surface area contributed by atoms with Crippen molar-refractivity contribution in [1.82, 2.24) is 9.55 Å². The molecule has 0 fully saturated rings. The Labute approximate surface area is 107 Å². The zero-order valence-electron chi connectivity index (χ0n) is 10.7. The summed E-state index contributed by atoms with van der Waals surface area (Å²) in [5.41, 5.74) is 3.26. The van der Waals surface area contributed by atoms with E-state index in [0.717, 1.165) is 42.5 Å². The molecule has 0 spiro atoms. The van der Waals surface area contributed by atoms with Gasteiger partial charge in [0.1, 0.15) is 5.75 Å². The summed E-state index contributed by atoms with van der Waals surface area (Å²) in [7, 11) is 1.70. The molecule has 18 heavy (non-hydrogen) atoms. The molecule has 0 saturated carbocycles. The number of fused-ring (bicyclic) bond motifs is 1. The van der Waals surface area contributed by atoms with Crippen LogP contribution < -0.4 is 10.1 Å². The van der Waals surface area contributed by atoms with Gasteiger partial charge in [-0.3, -0.25) is 0 Å². The smallest absolute Gasteiger partial charge is 0.203 e. The molecule has 0 bridgehead atoms. The summed E-state index contributed by atoms with van der Waals surface area (Å²) in [6.07, 6.45) is 1.15. The number of rotatable bonds is 2. The van der Waals surface area contributed by atoms with Crippen molar-refractivity contribution in [3.05, 3.63) is 30.0 Å². The Morgan fingerprint density at radius 3 is 2.94 bits per heavy atom. The number of ether oxygens (including phenoxy) is 1. The molecule has 2 aromatic rings. The van der Waals surface area contributed by atoms with Crippen LogP contribution in [0.3, 0.4) is 0 Å². The van der Waals surface area contributed by atoms with Gasteiger partial charge in [-0.05, 0) is 25.5 Å². The third-order valence-electron chi connectivity index (χ3n) is 3.42. The van der Waals surface area contributed by atoms with Crippen molar-refractivity contribution in [3.63, 3.8) is 0 Å². The van der Waals surface area contributed by atoms with Crippen molar-refractivity contribution in [1.29, 1.82) is 0 Å². The van der Waals surface area contributed by atoms with Crippen LogP contribution in [-0.2, 0) is 6.54 Å². The summed E-state index contributed by atoms with van der Waals surface area (Å²) < 4.78 is 7.66. The van der Waals surface area contributed by atoms with Crippen LogP contribution in [0.25, 0.3) is 11.3 Å². The standard InChI is InChI=1S/C14H17N3O/c1-10-13(11-6-3-4-7-12(11)18-2)16-14-15-8-5-9-17(10)14/h3-4,6-7H,5,8-9H2,1-2H3,(H,15,16). The molecule has 4 heteroatoms. The van der Waals surface area contributed by atoms with Gasteiger partial charge in [-0.1, -0.05) is 12.1 Å². The van der Waals surface area contributed by atoms with Gasteiger partial charge >= 0.3 is 0 Å². The molecule has 1 aliphatic rings. The quantitative estimate of drug-likeness (QED) is 0.881. The predicted octanol–water partition coefficient (Wildman–Crippen LogP) is 2.68. The molecule has 2 heterocycles. The molecule has 0 aliphatic carbocycles. The second kappa shape index (κ2) is 4.37. The minimum Gasteiger partial charge on any atom is -0.496 e. The normalized spacial score (nSPS) is 13.9. The first-order valence-electron chi connectivity index (χ1n) is 6.25. The highest BCUT2D eigenvalue weighted by molar-refractivity contribution is 5.71. The molecule has 0 saturated heterocycles. The Bertz CT molecular complexity index is 574. The molecular formula is C14H17N3O. The van der Waals surface area contributed by atoms with Crippen LogP contribution in [0.2, 0.25) is 0 Å². The van der Waals surface area contributed by atoms with Gasteiger partial charge in [0.25, 0.3) is 0 Å². The number of para-hydroxylation sites is 1. The van der Waals surface area contributed by atoms with Crippen LogP contribution in [0.4, 0.5) is 5.95 Å². The summed E-state index contributed by atoms with van der Waals surface area (Å²) in [5.74, 6) is 1.84. The highest BCUT2D eigenvalue weighted by Gasteiger charge is 2.19. The highest BCUT2D eigenvalue weighted by atomic mass is 16.5. The lowest BCUT2D eigenvalue weighted by molar-refractivity contribution is 0.416. The van der Waals surface area contributed by atoms with Crippen LogP contribution >= 0.6 is 0 Å². The molecule has 1 aromatic carbocycles. The van der Waals surface area contributed by atoms with Crippen molar-refractivity contribution >= 4 is 5.95 Å². The number of nitrogens with one attached hydrogen (secondary N) is 1. The van der Waals surface area contributed by atoms with Crippen molar-refractivity contribution < 1.29 is 4.74 Å². The van der Waals surface area contributed by atoms with Crippen LogP contribution in [-0.4, -0.2) is 23.2 Å². The van der Waals surface area contributed by atoms with E-state index in [4.69, 9.17) is 9.72 Å². The summed E-state index contributed by atoms with van der Waals surface area (Å²) in [5, 5.41) is 3.34. The van der Waals surface area contributed by atoms with E-state index < -0.39 is 0 Å². The first-order chi connectivity index (χ1) is 8.81. The average Bonchev–Trinajstić information content (AvgIpc) is 2.76. The van der Waals surface area contributed by atoms with Crippen molar-refractivity contribution in [2.45, 2.75) is 19.9 Å². The van der Waals surface area contributed by atoms with Crippen molar-refractivity contribution in [2.75, 3.05) is 19.0 Å². The maximum absolute atomic E-state index is 5.42. The maximum Gasteiger partial charge on any atom is 0.203 e. The minimum atomic E-state index is 0.871. The largest absolute Gasteiger partial charge is 0.496 e. The molecule has 1 N–H and O–H groups in total. The molecule has 0 unspecified atom stereocenters. The van der Waals surface area contributed by atoms with Crippen molar-refractivity contribution in [3.8, 4) is 17.0 Å². The molecule has 0 radical (unpaired) electrons. The van der Waals surface area contributed by atoms with Crippen LogP contribution in [0.15, 0.2) is 24.3 Å². The third kappa shape index (κ3) is 1.65. The van der Waals surface area contributed by atoms with Crippen LogP contribution in [0.5, 0.6) is 5.75 Å². The average molecular weight is 243 g/mol. The van der Waals surface area contributed by atoms with E-state index in [0.29, 0.717) is 0 Å². The fourth-order valence-electron chi connectivity index (χ4n) is 2.48. The van der Waals surface area contributed by atoms with Gasteiger partial charge in [0.05, 0.1) is 12.8 Å². The monoisotopic (exact) mass is 243 g/mol. The second-order valence-corrected chi connectivity index (χ2v) is 4.50. The Kier molecular flexibility index (Phi) is 2.70. The van der Waals surface area contributed by atoms with Gasteiger partial charge in [0.2, 0.25) is 5.95 Å². The van der Waals surface area contributed by atoms with Crippen molar-refractivity contribution in [2.24, 2.45) is 0 Å². The fourth-order valence-corrected chi connectivity index (χ4v) is 2.48. The van der Waals surface area contributed by atoms with Crippen LogP contribution in [0, 0.1) is 6.92 Å². The molecular weight excluding hydrogens is 226 g/mol. The molecule has 3 rings (SSSR count). The van der Waals surface area contributed by atoms with Gasteiger partial charge in [-0.25, -0.2) is 4.98 Å². The molecule has 0 amide bonds. The number of benzene rings is 1. The first kappa shape index (κ1) is 11.1. The fraction of sp³-hybridized carbons (Fsp3) is 0.357. The molecule has 1 aliphatic heterocycles. The zero-order chi connectivity index (χ0) is 12.5. The van der Waals surface area contributed by atoms with Crippen LogP contribution in [0.1, 0.15) is 12.1 Å². The van der Waals surface area contributed by atoms with Gasteiger partial charge in [0, 0.05) is 24.3 Å². The number of methoxy groups -OCH3 is 1. The number of imidazole rings is 1. The Morgan fingerprint density at radius 1 is 1.33 bits per heavy atom. The van der Waals surface area contributed by atoms with E-state index >= 15 is 0 Å². The minimum absolute atomic E-state index is 0.871. The molecule has 94 valence electrons. The van der Waals surface area contributed by atoms with E-state index in [9.17, 15) is 0 Å². The maximum atomic E-state index is 5.42. The Morgan fingerprint density at radius 2 is 2.17 bits per heavy atom. The Hall–Kier alpha value is -1.97. The Balaban J connectivity index is 2.14. The number of aromatic nitrogens is 2. The van der Waals surface area contributed by atoms with Gasteiger partial charge < -0.3 is 14.6 Å². The number of hydrogen-bond acceptors (Lipinski definition) is 3. The molecule has 0 atom stereocenters. The lowest BCUT2D eigenvalue weighted by Crippen LogP contribution is -2.17. The van der Waals surface area contributed by atoms with E-state index in [1.54, 1.807) is 7.11 Å². The lowest BCUT2D eigenvalue weighted by atomic mass is 10.1. The summed E-state index contributed by atoms with van der Waals surface area (Å²) in [6.45, 7) is 4.16. The van der Waals surface area contributed by atoms with Gasteiger partial charge in [-0.15, -0.1) is 0 Å². The van der Waals surface area contributed by atoms with E-state index in [1.807, 2.05) is 18.2 Å². The first-order valence-corrected chi connectivity index (χ1v) is 6.25. The molecule has 4 nitrogen and oxygen atoms in total. The summed E-state index contributed by atoms with van der Waals surface area (Å²) in [4.78, 5) is 4.70. The lowest BCUT2D eigenvalue weighted by Gasteiger charge is -2.16. The number of nitrogens with zero attached hydrogens (tertiary/aromatic N) is 2. The second-order valence-electron chi connectivity index (χ2n) is 4.50. The number of anilines is 1. The summed E-state index contributed by atoms with van der Waals surface area (Å²) in [6, 6.07) is 8.02. The van der Waals surface area contributed by atoms with E-state index in [-0.39, 0.29) is 0 Å². The zero-order valence-corrected chi connectivity index (χ0v) is 10.7. The SMILES string of the molecule is COc1ccccc1-c1nc2n(c1C)CCCN2. The molecule has 1 aromatic heterocycles. The predicted molar refractivity (Wildman–Crippen MR) is 72.1 cm³/mol. The third-order valence-corrected chi connectivity index (χ3v) is 3.42. The number of hydrogen-bond donors (Lipinski definition) is 1. The van der Waals surface area contributed by atoms with E-state index in [2.05, 4.69) is 22.9 Å².